The molecule has 0 amide bonds. The monoisotopic (exact) mass is 240 g/mol. The van der Waals surface area contributed by atoms with Gasteiger partial charge in [0.15, 0.2) is 0 Å². The maximum Gasteiger partial charge on any atom is 0.0715 e. The highest BCUT2D eigenvalue weighted by atomic mass is 16.4. The summed E-state index contributed by atoms with van der Waals surface area (Å²) in [4.78, 5) is 21.3. The average Bonchev–Trinajstić information content (AvgIpc) is 2.39. The van der Waals surface area contributed by atoms with Crippen LogP contribution in [0.2, 0.25) is 0 Å². The topological polar surface area (TPSA) is 80.3 Å². The first-order valence-electron chi connectivity index (χ1n) is 5.21. The van der Waals surface area contributed by atoms with Crippen LogP contribution in [0.1, 0.15) is 20.7 Å². The predicted octanol–water partition coefficient (Wildman–Crippen LogP) is 0.0806. The van der Waals surface area contributed by atoms with E-state index in [1.807, 2.05) is 0 Å². The van der Waals surface area contributed by atoms with E-state index in [9.17, 15) is 19.8 Å². The van der Waals surface area contributed by atoms with Gasteiger partial charge in [0, 0.05) is 0 Å². The van der Waals surface area contributed by atoms with Gasteiger partial charge in [-0.2, -0.15) is 0 Å². The maximum absolute atomic E-state index is 10.7. The highest BCUT2D eigenvalue weighted by Crippen LogP contribution is 2.20. The van der Waals surface area contributed by atoms with Crippen LogP contribution in [-0.4, -0.2) is 11.9 Å². The van der Waals surface area contributed by atoms with Crippen LogP contribution in [0.4, 0.5) is 0 Å². The molecule has 2 aromatic rings. The van der Waals surface area contributed by atoms with E-state index in [4.69, 9.17) is 0 Å². The molecule has 0 radical (unpaired) electrons. The summed E-state index contributed by atoms with van der Waals surface area (Å²) in [7, 11) is 0. The molecule has 0 saturated heterocycles. The van der Waals surface area contributed by atoms with Gasteiger partial charge in [-0.05, 0) is 28.3 Å². The van der Waals surface area contributed by atoms with E-state index in [2.05, 4.69) is 0 Å². The van der Waals surface area contributed by atoms with Gasteiger partial charge in [-0.3, -0.25) is 0 Å². The molecule has 0 saturated carbocycles. The molecule has 0 spiro atoms. The van der Waals surface area contributed by atoms with E-state index in [1.54, 1.807) is 24.3 Å². The Bertz CT molecular complexity index is 599. The summed E-state index contributed by atoms with van der Waals surface area (Å²) in [5, 5.41) is 21.3. The van der Waals surface area contributed by atoms with Crippen LogP contribution in [0.5, 0.6) is 0 Å². The SMILES string of the molecule is O=C([O-])c1ccc(-c2cccc(C(=O)[O-])c2)cc1. The number of carboxylic acid groups (broad SMARTS) is 2. The zero-order chi connectivity index (χ0) is 13.1. The summed E-state index contributed by atoms with van der Waals surface area (Å²) < 4.78 is 0. The summed E-state index contributed by atoms with van der Waals surface area (Å²) in [5.41, 5.74) is 1.57. The van der Waals surface area contributed by atoms with Crippen molar-refractivity contribution in [2.24, 2.45) is 0 Å². The minimum Gasteiger partial charge on any atom is -0.545 e. The highest BCUT2D eigenvalue weighted by Gasteiger charge is 2.00. The molecule has 4 heteroatoms. The molecule has 0 N–H and O–H groups in total. The van der Waals surface area contributed by atoms with Crippen molar-refractivity contribution in [2.45, 2.75) is 0 Å². The third kappa shape index (κ3) is 2.38. The van der Waals surface area contributed by atoms with Crippen LogP contribution in [0, 0.1) is 0 Å². The lowest BCUT2D eigenvalue weighted by Crippen LogP contribution is -2.22. The lowest BCUT2D eigenvalue weighted by atomic mass is 10.0. The van der Waals surface area contributed by atoms with Crippen molar-refractivity contribution < 1.29 is 19.8 Å². The van der Waals surface area contributed by atoms with E-state index in [1.165, 1.54) is 24.3 Å². The average molecular weight is 240 g/mol. The number of benzene rings is 2. The number of hydrogen-bond donors (Lipinski definition) is 0. The maximum atomic E-state index is 10.7. The summed E-state index contributed by atoms with van der Waals surface area (Å²) in [6.07, 6.45) is 0. The number of carbonyl (C=O) groups excluding carboxylic acids is 2. The van der Waals surface area contributed by atoms with Gasteiger partial charge in [0.1, 0.15) is 0 Å². The van der Waals surface area contributed by atoms with Crippen molar-refractivity contribution in [3.05, 3.63) is 59.7 Å². The molecule has 18 heavy (non-hydrogen) atoms. The fraction of sp³-hybridized carbons (Fsp3) is 0. The number of rotatable bonds is 3. The van der Waals surface area contributed by atoms with E-state index < -0.39 is 11.9 Å². The van der Waals surface area contributed by atoms with Gasteiger partial charge in [0.2, 0.25) is 0 Å². The Kier molecular flexibility index (Phi) is 3.10. The molecule has 0 aromatic heterocycles. The third-order valence-corrected chi connectivity index (χ3v) is 2.55. The molecule has 90 valence electrons. The van der Waals surface area contributed by atoms with Crippen LogP contribution in [0.15, 0.2) is 48.5 Å². The van der Waals surface area contributed by atoms with Gasteiger partial charge in [-0.15, -0.1) is 0 Å². The second-order valence-corrected chi connectivity index (χ2v) is 3.73. The smallest absolute Gasteiger partial charge is 0.0715 e. The molecule has 0 heterocycles. The first-order chi connectivity index (χ1) is 8.58. The minimum absolute atomic E-state index is 0.0785. The quantitative estimate of drug-likeness (QED) is 0.761. The van der Waals surface area contributed by atoms with E-state index in [0.717, 1.165) is 5.56 Å². The highest BCUT2D eigenvalue weighted by molar-refractivity contribution is 5.89. The summed E-state index contributed by atoms with van der Waals surface area (Å²) in [5.74, 6) is -2.49. The standard InChI is InChI=1S/C14H10O4/c15-13(16)10-6-4-9(5-7-10)11-2-1-3-12(8-11)14(17)18/h1-8H,(H,15,16)(H,17,18)/p-2. The number of carbonyl (C=O) groups is 2. The Balaban J connectivity index is 2.39. The number of carboxylic acids is 2. The summed E-state index contributed by atoms with van der Waals surface area (Å²) >= 11 is 0. The largest absolute Gasteiger partial charge is 0.545 e. The van der Waals surface area contributed by atoms with Crippen molar-refractivity contribution in [3.8, 4) is 11.1 Å². The van der Waals surface area contributed by atoms with Gasteiger partial charge in [-0.1, -0.05) is 42.5 Å². The normalized spacial score (nSPS) is 10.0. The van der Waals surface area contributed by atoms with Crippen LogP contribution in [0.25, 0.3) is 11.1 Å². The van der Waals surface area contributed by atoms with Crippen LogP contribution < -0.4 is 10.2 Å². The molecule has 0 aliphatic rings. The lowest BCUT2D eigenvalue weighted by molar-refractivity contribution is -0.256. The van der Waals surface area contributed by atoms with Crippen LogP contribution in [0.3, 0.4) is 0 Å². The molecule has 0 unspecified atom stereocenters. The molecule has 0 fully saturated rings. The van der Waals surface area contributed by atoms with E-state index >= 15 is 0 Å². The first kappa shape index (κ1) is 11.9. The van der Waals surface area contributed by atoms with Crippen molar-refractivity contribution in [2.75, 3.05) is 0 Å². The zero-order valence-corrected chi connectivity index (χ0v) is 9.25. The van der Waals surface area contributed by atoms with Crippen molar-refractivity contribution in [1.82, 2.24) is 0 Å². The van der Waals surface area contributed by atoms with Crippen LogP contribution in [-0.2, 0) is 0 Å². The minimum atomic E-state index is -1.25. The zero-order valence-electron chi connectivity index (χ0n) is 9.25. The van der Waals surface area contributed by atoms with E-state index in [-0.39, 0.29) is 11.1 Å². The van der Waals surface area contributed by atoms with Crippen molar-refractivity contribution >= 4 is 11.9 Å². The Labute approximate surface area is 103 Å². The molecule has 0 aliphatic carbocycles. The number of aromatic carboxylic acids is 2. The Morgan fingerprint density at radius 3 is 1.89 bits per heavy atom. The lowest BCUT2D eigenvalue weighted by Gasteiger charge is -2.07. The molecule has 2 aromatic carbocycles. The Morgan fingerprint density at radius 1 is 0.722 bits per heavy atom. The molecule has 0 aliphatic heterocycles. The fourth-order valence-corrected chi connectivity index (χ4v) is 1.62. The second-order valence-electron chi connectivity index (χ2n) is 3.73. The molecule has 0 atom stereocenters. The fourth-order valence-electron chi connectivity index (χ4n) is 1.62. The molecular formula is C14H8O4-2. The molecule has 4 nitrogen and oxygen atoms in total. The number of hydrogen-bond acceptors (Lipinski definition) is 4. The van der Waals surface area contributed by atoms with Crippen molar-refractivity contribution in [3.63, 3.8) is 0 Å². The van der Waals surface area contributed by atoms with Crippen LogP contribution >= 0.6 is 0 Å². The molecule has 0 bridgehead atoms. The first-order valence-corrected chi connectivity index (χ1v) is 5.21. The van der Waals surface area contributed by atoms with Gasteiger partial charge < -0.3 is 19.8 Å². The Hall–Kier alpha value is -2.62. The summed E-state index contributed by atoms with van der Waals surface area (Å²) in [6, 6.07) is 12.3. The van der Waals surface area contributed by atoms with Gasteiger partial charge in [-0.25, -0.2) is 0 Å². The summed E-state index contributed by atoms with van der Waals surface area (Å²) in [6.45, 7) is 0. The Morgan fingerprint density at radius 2 is 1.33 bits per heavy atom. The van der Waals surface area contributed by atoms with Gasteiger partial charge >= 0.3 is 0 Å². The molecular weight excluding hydrogens is 232 g/mol. The third-order valence-electron chi connectivity index (χ3n) is 2.55. The predicted molar refractivity (Wildman–Crippen MR) is 60.5 cm³/mol. The van der Waals surface area contributed by atoms with Gasteiger partial charge in [0.05, 0.1) is 11.9 Å². The second kappa shape index (κ2) is 4.71. The van der Waals surface area contributed by atoms with Gasteiger partial charge in [0.25, 0.3) is 0 Å². The molecule has 2 rings (SSSR count). The van der Waals surface area contributed by atoms with E-state index in [0.29, 0.717) is 5.56 Å². The van der Waals surface area contributed by atoms with Crippen molar-refractivity contribution in [1.29, 1.82) is 0 Å².